The number of nitrogens with zero attached hydrogens (tertiary/aromatic N) is 3. The van der Waals surface area contributed by atoms with Gasteiger partial charge in [-0.1, -0.05) is 0 Å². The molecule has 5 aliphatic heterocycles. The number of ether oxygens (including phenoxy) is 1. The second-order valence-corrected chi connectivity index (χ2v) is 9.98. The minimum Gasteiger partial charge on any atom is -0.379 e. The molecule has 1 amide bonds. The van der Waals surface area contributed by atoms with Gasteiger partial charge < -0.3 is 21.1 Å². The van der Waals surface area contributed by atoms with Crippen molar-refractivity contribution in [1.82, 2.24) is 36.2 Å². The summed E-state index contributed by atoms with van der Waals surface area (Å²) in [7, 11) is 0. The number of likely N-dealkylation sites (tertiary alicyclic amines) is 1. The Kier molecular flexibility index (Phi) is 7.43. The summed E-state index contributed by atoms with van der Waals surface area (Å²) in [6.45, 7) is 6.33. The van der Waals surface area contributed by atoms with Crippen LogP contribution in [-0.4, -0.2) is 129 Å². The predicted molar refractivity (Wildman–Crippen MR) is 118 cm³/mol. The van der Waals surface area contributed by atoms with Crippen molar-refractivity contribution in [2.24, 2.45) is 11.7 Å². The van der Waals surface area contributed by atoms with Crippen LogP contribution in [0.3, 0.4) is 0 Å². The van der Waals surface area contributed by atoms with Crippen LogP contribution in [0, 0.1) is 5.92 Å². The monoisotopic (exact) mass is 472 g/mol. The fraction of sp³-hybridized carbons (Fsp3) is 0.952. The lowest BCUT2D eigenvalue weighted by Crippen LogP contribution is -2.67. The molecule has 5 fully saturated rings. The summed E-state index contributed by atoms with van der Waals surface area (Å²) in [5.74, 6) is -0.799. The molecule has 0 saturated carbocycles. The van der Waals surface area contributed by atoms with Crippen molar-refractivity contribution in [1.29, 1.82) is 0 Å². The van der Waals surface area contributed by atoms with Gasteiger partial charge in [-0.3, -0.25) is 19.9 Å². The van der Waals surface area contributed by atoms with Crippen LogP contribution in [0.5, 0.6) is 0 Å². The summed E-state index contributed by atoms with van der Waals surface area (Å²) in [5.41, 5.74) is 9.20. The maximum absolute atomic E-state index is 15.2. The van der Waals surface area contributed by atoms with E-state index in [9.17, 15) is 9.18 Å². The number of morpholine rings is 1. The van der Waals surface area contributed by atoms with Gasteiger partial charge in [0.2, 0.25) is 5.91 Å². The first-order valence-electron chi connectivity index (χ1n) is 12.4. The molecule has 7 unspecified atom stereocenters. The van der Waals surface area contributed by atoms with Crippen LogP contribution in [-0.2, 0) is 9.53 Å². The third-order valence-corrected chi connectivity index (χ3v) is 7.92. The number of rotatable bonds is 4. The molecule has 7 atom stereocenters. The van der Waals surface area contributed by atoms with Gasteiger partial charge in [0.25, 0.3) is 0 Å². The Labute approximate surface area is 193 Å². The standard InChI is InChI=1S/C21H38F2N8O2/c22-13-9-26-20-17(19(24)28-31(20)12-13)21(32)27-16-11-25-10-15(23)18(16)30-3-1-14(2-4-30)29-5-7-33-8-6-29/h13-20,25-26,28H,1-12,24H2,(H,27,32). The van der Waals surface area contributed by atoms with E-state index >= 15 is 4.39 Å². The summed E-state index contributed by atoms with van der Waals surface area (Å²) in [6.07, 6.45) is -1.06. The summed E-state index contributed by atoms with van der Waals surface area (Å²) in [6, 6.07) is -0.194. The first kappa shape index (κ1) is 23.7. The Morgan fingerprint density at radius 2 is 1.79 bits per heavy atom. The molecule has 188 valence electrons. The number of fused-ring (bicyclic) bond motifs is 1. The average molecular weight is 473 g/mol. The Balaban J connectivity index is 1.21. The van der Waals surface area contributed by atoms with Gasteiger partial charge >= 0.3 is 0 Å². The highest BCUT2D eigenvalue weighted by atomic mass is 19.1. The number of nitrogens with two attached hydrogens (primary N) is 1. The van der Waals surface area contributed by atoms with E-state index in [1.54, 1.807) is 5.01 Å². The Bertz CT molecular complexity index is 679. The molecule has 5 rings (SSSR count). The van der Waals surface area contributed by atoms with Gasteiger partial charge in [-0.25, -0.2) is 19.2 Å². The molecule has 0 aliphatic carbocycles. The number of nitrogens with one attached hydrogen (secondary N) is 4. The van der Waals surface area contributed by atoms with Crippen LogP contribution < -0.4 is 27.1 Å². The fourth-order valence-corrected chi connectivity index (χ4v) is 6.24. The van der Waals surface area contributed by atoms with Crippen LogP contribution in [0.15, 0.2) is 0 Å². The zero-order valence-corrected chi connectivity index (χ0v) is 19.1. The second kappa shape index (κ2) is 10.3. The molecule has 5 aliphatic rings. The molecule has 0 aromatic carbocycles. The number of carbonyl (C=O) groups is 1. The first-order chi connectivity index (χ1) is 16.0. The normalized spacial score (nSPS) is 42.2. The van der Waals surface area contributed by atoms with E-state index in [0.717, 1.165) is 52.2 Å². The average Bonchev–Trinajstić information content (AvgIpc) is 3.15. The number of hydrazine groups is 1. The van der Waals surface area contributed by atoms with Crippen molar-refractivity contribution < 1.29 is 18.3 Å². The molecule has 0 bridgehead atoms. The molecule has 0 aromatic rings. The Morgan fingerprint density at radius 1 is 1.03 bits per heavy atom. The first-order valence-corrected chi connectivity index (χ1v) is 12.4. The summed E-state index contributed by atoms with van der Waals surface area (Å²) in [5, 5.41) is 11.0. The minimum atomic E-state index is -1.06. The number of hydrogen-bond donors (Lipinski definition) is 5. The SMILES string of the molecule is NC1NN2CC(F)CNC2C1C(=O)NC1CNCC(F)C1N1CCC(N2CCOCC2)CC1. The maximum atomic E-state index is 15.2. The highest BCUT2D eigenvalue weighted by Crippen LogP contribution is 2.26. The molecular formula is C21H38F2N8O2. The van der Waals surface area contributed by atoms with Gasteiger partial charge in [0, 0.05) is 58.4 Å². The summed E-state index contributed by atoms with van der Waals surface area (Å²) in [4.78, 5) is 18.0. The van der Waals surface area contributed by atoms with Gasteiger partial charge in [0.1, 0.15) is 12.3 Å². The number of hydrogen-bond acceptors (Lipinski definition) is 9. The quantitative estimate of drug-likeness (QED) is 0.305. The smallest absolute Gasteiger partial charge is 0.229 e. The van der Waals surface area contributed by atoms with Crippen molar-refractivity contribution in [3.8, 4) is 0 Å². The van der Waals surface area contributed by atoms with E-state index in [2.05, 4.69) is 31.2 Å². The topological polar surface area (TPSA) is 110 Å². The van der Waals surface area contributed by atoms with Crippen LogP contribution >= 0.6 is 0 Å². The van der Waals surface area contributed by atoms with E-state index in [-0.39, 0.29) is 37.2 Å². The second-order valence-electron chi connectivity index (χ2n) is 9.98. The highest BCUT2D eigenvalue weighted by molar-refractivity contribution is 5.81. The van der Waals surface area contributed by atoms with Gasteiger partial charge in [-0.05, 0) is 12.8 Å². The molecule has 33 heavy (non-hydrogen) atoms. The summed E-state index contributed by atoms with van der Waals surface area (Å²) >= 11 is 0. The van der Waals surface area contributed by atoms with Crippen molar-refractivity contribution >= 4 is 5.91 Å². The third kappa shape index (κ3) is 5.03. The number of halogens is 2. The van der Waals surface area contributed by atoms with Gasteiger partial charge in [0.15, 0.2) is 0 Å². The Morgan fingerprint density at radius 3 is 2.55 bits per heavy atom. The van der Waals surface area contributed by atoms with Crippen molar-refractivity contribution in [2.45, 2.75) is 55.6 Å². The van der Waals surface area contributed by atoms with E-state index in [1.807, 2.05) is 0 Å². The van der Waals surface area contributed by atoms with E-state index in [1.165, 1.54) is 0 Å². The zero-order valence-electron chi connectivity index (χ0n) is 19.1. The summed E-state index contributed by atoms with van der Waals surface area (Å²) < 4.78 is 34.4. The van der Waals surface area contributed by atoms with Crippen LogP contribution in [0.2, 0.25) is 0 Å². The van der Waals surface area contributed by atoms with Gasteiger partial charge in [-0.15, -0.1) is 0 Å². The van der Waals surface area contributed by atoms with E-state index < -0.39 is 24.4 Å². The lowest BCUT2D eigenvalue weighted by atomic mass is 9.92. The van der Waals surface area contributed by atoms with Crippen molar-refractivity contribution in [3.63, 3.8) is 0 Å². The molecule has 0 spiro atoms. The van der Waals surface area contributed by atoms with E-state index in [0.29, 0.717) is 19.1 Å². The van der Waals surface area contributed by atoms with Crippen LogP contribution in [0.25, 0.3) is 0 Å². The molecule has 10 nitrogen and oxygen atoms in total. The molecule has 6 N–H and O–H groups in total. The lowest BCUT2D eigenvalue weighted by Gasteiger charge is -2.47. The third-order valence-electron chi connectivity index (χ3n) is 7.92. The molecule has 0 aromatic heterocycles. The Hall–Kier alpha value is -0.990. The molecular weight excluding hydrogens is 434 g/mol. The molecule has 5 heterocycles. The van der Waals surface area contributed by atoms with E-state index in [4.69, 9.17) is 10.5 Å². The predicted octanol–water partition coefficient (Wildman–Crippen LogP) is -2.43. The lowest BCUT2D eigenvalue weighted by molar-refractivity contribution is -0.128. The molecule has 5 saturated heterocycles. The largest absolute Gasteiger partial charge is 0.379 e. The number of piperidine rings is 2. The van der Waals surface area contributed by atoms with Crippen molar-refractivity contribution in [3.05, 3.63) is 0 Å². The van der Waals surface area contributed by atoms with Crippen LogP contribution in [0.1, 0.15) is 12.8 Å². The minimum absolute atomic E-state index is 0.188. The van der Waals surface area contributed by atoms with Crippen LogP contribution in [0.4, 0.5) is 8.78 Å². The van der Waals surface area contributed by atoms with Gasteiger partial charge in [0.05, 0.1) is 43.5 Å². The van der Waals surface area contributed by atoms with Gasteiger partial charge in [-0.2, -0.15) is 0 Å². The zero-order chi connectivity index (χ0) is 22.9. The highest BCUT2D eigenvalue weighted by Gasteiger charge is 2.48. The fourth-order valence-electron chi connectivity index (χ4n) is 6.24. The maximum Gasteiger partial charge on any atom is 0.229 e. The van der Waals surface area contributed by atoms with Crippen molar-refractivity contribution in [2.75, 3.05) is 65.6 Å². The number of alkyl halides is 2. The number of carbonyl (C=O) groups excluding carboxylic acids is 1. The molecule has 0 radical (unpaired) electrons. The number of amides is 1. The molecule has 12 heteroatoms.